The number of amides is 3. The number of fused-ring (bicyclic) bond motifs is 1. The maximum absolute atomic E-state index is 12.8. The maximum atomic E-state index is 12.8. The minimum atomic E-state index is -0.757. The lowest BCUT2D eigenvalue weighted by molar-refractivity contribution is -0.136. The highest BCUT2D eigenvalue weighted by Gasteiger charge is 2.25. The maximum Gasteiger partial charge on any atom is 0.313 e. The van der Waals surface area contributed by atoms with Crippen LogP contribution < -0.4 is 15.5 Å². The van der Waals surface area contributed by atoms with Crippen molar-refractivity contribution in [2.75, 3.05) is 23.3 Å². The topological polar surface area (TPSA) is 98.7 Å². The number of aliphatic hydroxyl groups is 1. The van der Waals surface area contributed by atoms with Crippen LogP contribution in [0, 0.1) is 5.41 Å². The highest BCUT2D eigenvalue weighted by Crippen LogP contribution is 2.31. The number of carbonyl (C=O) groups is 3. The van der Waals surface area contributed by atoms with Crippen molar-refractivity contribution in [1.29, 1.82) is 0 Å². The molecule has 3 rings (SSSR count). The summed E-state index contributed by atoms with van der Waals surface area (Å²) < 4.78 is 0. The summed E-state index contributed by atoms with van der Waals surface area (Å²) in [4.78, 5) is 39.6. The Bertz CT molecular complexity index is 950. The molecule has 2 aromatic rings. The van der Waals surface area contributed by atoms with Crippen molar-refractivity contribution < 1.29 is 19.5 Å². The van der Waals surface area contributed by atoms with E-state index in [1.54, 1.807) is 11.0 Å². The van der Waals surface area contributed by atoms with Crippen LogP contribution in [0.25, 0.3) is 0 Å². The second-order valence-electron chi connectivity index (χ2n) is 8.76. The lowest BCUT2D eigenvalue weighted by atomic mass is 9.87. The van der Waals surface area contributed by atoms with E-state index in [0.717, 1.165) is 24.1 Å². The Morgan fingerprint density at radius 1 is 1.19 bits per heavy atom. The molecule has 0 fully saturated rings. The minimum absolute atomic E-state index is 0.0236. The first kappa shape index (κ1) is 23.0. The molecule has 3 N–H and O–H groups in total. The molecule has 3 amide bonds. The molecule has 0 saturated carbocycles. The Morgan fingerprint density at radius 2 is 1.97 bits per heavy atom. The van der Waals surface area contributed by atoms with E-state index < -0.39 is 17.9 Å². The molecule has 0 spiro atoms. The Hall–Kier alpha value is -2.71. The van der Waals surface area contributed by atoms with E-state index in [1.807, 2.05) is 50.4 Å². The third kappa shape index (κ3) is 5.71. The van der Waals surface area contributed by atoms with Gasteiger partial charge in [-0.1, -0.05) is 26.8 Å². The Kier molecular flexibility index (Phi) is 7.12. The second-order valence-corrected chi connectivity index (χ2v) is 9.71. The number of benzene rings is 1. The van der Waals surface area contributed by atoms with Crippen molar-refractivity contribution in [3.8, 4) is 0 Å². The Morgan fingerprint density at radius 3 is 2.65 bits per heavy atom. The summed E-state index contributed by atoms with van der Waals surface area (Å²) in [5.41, 5.74) is 2.03. The van der Waals surface area contributed by atoms with Crippen LogP contribution in [0.15, 0.2) is 35.7 Å². The summed E-state index contributed by atoms with van der Waals surface area (Å²) in [7, 11) is 0. The Labute approximate surface area is 186 Å². The first-order valence-corrected chi connectivity index (χ1v) is 11.3. The molecule has 8 heteroatoms. The van der Waals surface area contributed by atoms with E-state index in [2.05, 4.69) is 10.6 Å². The summed E-state index contributed by atoms with van der Waals surface area (Å²) in [6, 6.07) is 9.00. The van der Waals surface area contributed by atoms with Gasteiger partial charge in [0, 0.05) is 24.5 Å². The van der Waals surface area contributed by atoms with Gasteiger partial charge >= 0.3 is 11.8 Å². The van der Waals surface area contributed by atoms with Crippen LogP contribution in [0.1, 0.15) is 48.8 Å². The van der Waals surface area contributed by atoms with Crippen LogP contribution in [0.4, 0.5) is 11.4 Å². The van der Waals surface area contributed by atoms with Gasteiger partial charge in [-0.15, -0.1) is 11.3 Å². The number of nitrogens with zero attached hydrogens (tertiary/aromatic N) is 1. The van der Waals surface area contributed by atoms with Gasteiger partial charge in [-0.3, -0.25) is 14.4 Å². The summed E-state index contributed by atoms with van der Waals surface area (Å²) in [6.07, 6.45) is 1.42. The molecule has 31 heavy (non-hydrogen) atoms. The van der Waals surface area contributed by atoms with Crippen LogP contribution in [0.3, 0.4) is 0 Å². The molecule has 166 valence electrons. The molecule has 1 aromatic heterocycles. The highest BCUT2D eigenvalue weighted by atomic mass is 32.1. The van der Waals surface area contributed by atoms with E-state index in [1.165, 1.54) is 11.3 Å². The molecule has 7 nitrogen and oxygen atoms in total. The van der Waals surface area contributed by atoms with E-state index in [-0.39, 0.29) is 17.9 Å². The largest absolute Gasteiger partial charge is 0.393 e. The van der Waals surface area contributed by atoms with E-state index in [0.29, 0.717) is 23.5 Å². The quantitative estimate of drug-likeness (QED) is 0.618. The third-order valence-electron chi connectivity index (χ3n) is 5.34. The number of hydrogen-bond donors (Lipinski definition) is 3. The van der Waals surface area contributed by atoms with Gasteiger partial charge in [-0.25, -0.2) is 0 Å². The fourth-order valence-corrected chi connectivity index (χ4v) is 4.11. The molecule has 1 atom stereocenters. The van der Waals surface area contributed by atoms with Crippen LogP contribution in [0.2, 0.25) is 0 Å². The zero-order chi connectivity index (χ0) is 22.6. The first-order valence-electron chi connectivity index (χ1n) is 10.4. The number of rotatable bonds is 5. The van der Waals surface area contributed by atoms with Gasteiger partial charge in [-0.05, 0) is 59.9 Å². The summed E-state index contributed by atoms with van der Waals surface area (Å²) >= 11 is 1.42. The molecule has 1 aliphatic heterocycles. The summed E-state index contributed by atoms with van der Waals surface area (Å²) in [5, 5.41) is 17.1. The number of nitrogens with one attached hydrogen (secondary N) is 2. The van der Waals surface area contributed by atoms with E-state index in [4.69, 9.17) is 0 Å². The third-order valence-corrected chi connectivity index (χ3v) is 6.20. The molecule has 2 heterocycles. The van der Waals surface area contributed by atoms with Crippen LogP contribution >= 0.6 is 11.3 Å². The molecular formula is C23H29N3O4S. The zero-order valence-electron chi connectivity index (χ0n) is 18.1. The van der Waals surface area contributed by atoms with Crippen LogP contribution in [0.5, 0.6) is 0 Å². The van der Waals surface area contributed by atoms with Crippen molar-refractivity contribution in [3.63, 3.8) is 0 Å². The van der Waals surface area contributed by atoms with E-state index in [9.17, 15) is 19.5 Å². The minimum Gasteiger partial charge on any atom is -0.393 e. The predicted octanol–water partition coefficient (Wildman–Crippen LogP) is 3.19. The molecule has 1 aliphatic rings. The van der Waals surface area contributed by atoms with Crippen molar-refractivity contribution in [3.05, 3.63) is 46.2 Å². The lowest BCUT2D eigenvalue weighted by Crippen LogP contribution is -2.38. The van der Waals surface area contributed by atoms with Crippen molar-refractivity contribution >= 4 is 40.4 Å². The van der Waals surface area contributed by atoms with Gasteiger partial charge in [0.05, 0.1) is 11.0 Å². The average molecular weight is 444 g/mol. The fraction of sp³-hybridized carbons (Fsp3) is 0.435. The van der Waals surface area contributed by atoms with Crippen molar-refractivity contribution in [2.24, 2.45) is 5.41 Å². The van der Waals surface area contributed by atoms with Gasteiger partial charge in [0.2, 0.25) is 0 Å². The number of aryl methyl sites for hydroxylation is 1. The Balaban J connectivity index is 1.60. The number of aliphatic hydroxyl groups excluding tert-OH is 1. The normalized spacial score (nSPS) is 14.5. The molecule has 1 aromatic carbocycles. The molecule has 1 unspecified atom stereocenters. The van der Waals surface area contributed by atoms with Gasteiger partial charge in [0.15, 0.2) is 0 Å². The number of thiophene rings is 1. The van der Waals surface area contributed by atoms with Crippen LogP contribution in [-0.4, -0.2) is 42.0 Å². The number of hydrogen-bond acceptors (Lipinski definition) is 5. The van der Waals surface area contributed by atoms with E-state index >= 15 is 0 Å². The standard InChI is InChI=1S/C23H29N3O4S/c1-23(2,3)19(27)10-11-24-20(28)21(29)25-16-8-9-17-15(14-16)6-4-12-26(17)22(30)18-7-5-13-31-18/h5,7-9,13-14,19,27H,4,6,10-12H2,1-3H3,(H,24,28)(H,25,29). The van der Waals surface area contributed by atoms with Crippen molar-refractivity contribution in [2.45, 2.75) is 46.1 Å². The number of anilines is 2. The van der Waals surface area contributed by atoms with Crippen LogP contribution in [-0.2, 0) is 16.0 Å². The first-order chi connectivity index (χ1) is 14.7. The predicted molar refractivity (Wildman–Crippen MR) is 122 cm³/mol. The molecule has 0 aliphatic carbocycles. The zero-order valence-corrected chi connectivity index (χ0v) is 18.9. The second kappa shape index (κ2) is 9.62. The molecular weight excluding hydrogens is 414 g/mol. The van der Waals surface area contributed by atoms with Gasteiger partial charge in [0.25, 0.3) is 5.91 Å². The number of carbonyl (C=O) groups excluding carboxylic acids is 3. The summed E-state index contributed by atoms with van der Waals surface area (Å²) in [5.74, 6) is -1.52. The van der Waals surface area contributed by atoms with Crippen molar-refractivity contribution in [1.82, 2.24) is 5.32 Å². The molecule has 0 saturated heterocycles. The highest BCUT2D eigenvalue weighted by molar-refractivity contribution is 7.12. The summed E-state index contributed by atoms with van der Waals surface area (Å²) in [6.45, 7) is 6.61. The molecule has 0 bridgehead atoms. The SMILES string of the molecule is CC(C)(C)C(O)CCNC(=O)C(=O)Nc1ccc2c(c1)CCCN2C(=O)c1cccs1. The van der Waals surface area contributed by atoms with Gasteiger partial charge in [-0.2, -0.15) is 0 Å². The molecule has 0 radical (unpaired) electrons. The fourth-order valence-electron chi connectivity index (χ4n) is 3.44. The monoisotopic (exact) mass is 443 g/mol. The lowest BCUT2D eigenvalue weighted by Gasteiger charge is -2.29. The smallest absolute Gasteiger partial charge is 0.313 e. The average Bonchev–Trinajstić information content (AvgIpc) is 3.26. The van der Waals surface area contributed by atoms with Gasteiger partial charge < -0.3 is 20.6 Å². The van der Waals surface area contributed by atoms with Gasteiger partial charge in [0.1, 0.15) is 0 Å².